The van der Waals surface area contributed by atoms with Crippen LogP contribution in [-0.4, -0.2) is 51.5 Å². The number of nitrogens with one attached hydrogen (secondary N) is 1. The minimum absolute atomic E-state index is 0.0900. The van der Waals surface area contributed by atoms with E-state index in [1.165, 1.54) is 22.9 Å². The van der Waals surface area contributed by atoms with Crippen LogP contribution in [0.3, 0.4) is 0 Å². The fraction of sp³-hybridized carbons (Fsp3) is 0.577. The molecule has 33 heavy (non-hydrogen) atoms. The first-order valence-electron chi connectivity index (χ1n) is 12.1. The Balaban J connectivity index is 1.35. The SMILES string of the molecule is Cc1cccc(C2CCC(OC[C@@H]3CN(c4ccccn4)CCC3NS(C)(=O)=O)CC2)c1C. The molecule has 0 radical (unpaired) electrons. The molecule has 4 rings (SSSR count). The summed E-state index contributed by atoms with van der Waals surface area (Å²) in [5, 5.41) is 0. The molecule has 2 aliphatic rings. The van der Waals surface area contributed by atoms with Crippen LogP contribution in [0, 0.1) is 19.8 Å². The fourth-order valence-electron chi connectivity index (χ4n) is 5.40. The zero-order chi connectivity index (χ0) is 23.4. The van der Waals surface area contributed by atoms with Crippen LogP contribution in [-0.2, 0) is 14.8 Å². The Kier molecular flexibility index (Phi) is 7.72. The third-order valence-corrected chi connectivity index (χ3v) is 8.11. The lowest BCUT2D eigenvalue weighted by Crippen LogP contribution is -2.52. The molecule has 2 aromatic rings. The first-order chi connectivity index (χ1) is 15.8. The molecule has 2 atom stereocenters. The molecule has 7 heteroatoms. The molecule has 0 amide bonds. The number of hydrogen-bond donors (Lipinski definition) is 1. The average Bonchev–Trinajstić information content (AvgIpc) is 2.80. The molecular weight excluding hydrogens is 434 g/mol. The van der Waals surface area contributed by atoms with E-state index < -0.39 is 10.0 Å². The number of rotatable bonds is 7. The number of nitrogens with zero attached hydrogens (tertiary/aromatic N) is 2. The van der Waals surface area contributed by atoms with Gasteiger partial charge in [-0.15, -0.1) is 0 Å². The standard InChI is InChI=1S/C26H37N3O3S/c1-19-7-6-8-24(20(19)2)21-10-12-23(13-11-21)32-18-22-17-29(26-9-4-5-15-27-26)16-14-25(22)28-33(3,30)31/h4-9,15,21-23,25,28H,10-14,16-18H2,1-3H3/t21?,22-,23?,25?/m0/s1. The summed E-state index contributed by atoms with van der Waals surface area (Å²) in [4.78, 5) is 6.73. The van der Waals surface area contributed by atoms with Crippen molar-refractivity contribution in [3.8, 4) is 0 Å². The lowest BCUT2D eigenvalue weighted by molar-refractivity contribution is -0.00216. The second-order valence-corrected chi connectivity index (χ2v) is 11.6. The molecule has 1 saturated heterocycles. The van der Waals surface area contributed by atoms with Crippen molar-refractivity contribution in [2.75, 3.05) is 30.9 Å². The fourth-order valence-corrected chi connectivity index (χ4v) is 6.26. The maximum absolute atomic E-state index is 11.9. The summed E-state index contributed by atoms with van der Waals surface area (Å²) in [5.41, 5.74) is 4.28. The van der Waals surface area contributed by atoms with E-state index in [0.717, 1.165) is 51.0 Å². The monoisotopic (exact) mass is 471 g/mol. The highest BCUT2D eigenvalue weighted by molar-refractivity contribution is 7.88. The highest BCUT2D eigenvalue weighted by atomic mass is 32.2. The first-order valence-corrected chi connectivity index (χ1v) is 14.0. The van der Waals surface area contributed by atoms with Crippen molar-refractivity contribution in [1.29, 1.82) is 0 Å². The Morgan fingerprint density at radius 1 is 1.06 bits per heavy atom. The molecule has 1 aliphatic carbocycles. The first kappa shape index (κ1) is 24.2. The Bertz CT molecular complexity index is 1020. The lowest BCUT2D eigenvalue weighted by Gasteiger charge is -2.40. The predicted molar refractivity (Wildman–Crippen MR) is 133 cm³/mol. The van der Waals surface area contributed by atoms with Gasteiger partial charge in [-0.05, 0) is 80.7 Å². The number of sulfonamides is 1. The van der Waals surface area contributed by atoms with Gasteiger partial charge in [0.2, 0.25) is 10.0 Å². The zero-order valence-corrected chi connectivity index (χ0v) is 20.9. The van der Waals surface area contributed by atoms with E-state index in [9.17, 15) is 8.42 Å². The Morgan fingerprint density at radius 2 is 1.85 bits per heavy atom. The second-order valence-electron chi connectivity index (χ2n) is 9.78. The van der Waals surface area contributed by atoms with Gasteiger partial charge >= 0.3 is 0 Å². The number of benzene rings is 1. The van der Waals surface area contributed by atoms with E-state index in [4.69, 9.17) is 4.74 Å². The summed E-state index contributed by atoms with van der Waals surface area (Å²) in [6, 6.07) is 12.4. The summed E-state index contributed by atoms with van der Waals surface area (Å²) >= 11 is 0. The molecule has 1 saturated carbocycles. The molecular formula is C26H37N3O3S. The Morgan fingerprint density at radius 3 is 2.55 bits per heavy atom. The van der Waals surface area contributed by atoms with Gasteiger partial charge in [-0.3, -0.25) is 0 Å². The molecule has 1 N–H and O–H groups in total. The van der Waals surface area contributed by atoms with Gasteiger partial charge in [-0.25, -0.2) is 18.1 Å². The van der Waals surface area contributed by atoms with Crippen LogP contribution >= 0.6 is 0 Å². The molecule has 1 unspecified atom stereocenters. The van der Waals surface area contributed by atoms with Gasteiger partial charge in [0.25, 0.3) is 0 Å². The van der Waals surface area contributed by atoms with Crippen LogP contribution in [0.5, 0.6) is 0 Å². The van der Waals surface area contributed by atoms with Gasteiger partial charge in [0, 0.05) is 31.2 Å². The largest absolute Gasteiger partial charge is 0.378 e. The molecule has 1 aliphatic heterocycles. The van der Waals surface area contributed by atoms with Crippen LogP contribution in [0.25, 0.3) is 0 Å². The number of anilines is 1. The van der Waals surface area contributed by atoms with Gasteiger partial charge in [-0.2, -0.15) is 0 Å². The predicted octanol–water partition coefficient (Wildman–Crippen LogP) is 4.19. The normalized spacial score (nSPS) is 26.3. The minimum Gasteiger partial charge on any atom is -0.378 e. The van der Waals surface area contributed by atoms with Crippen molar-refractivity contribution in [2.24, 2.45) is 5.92 Å². The van der Waals surface area contributed by atoms with E-state index in [1.54, 1.807) is 6.20 Å². The number of ether oxygens (including phenoxy) is 1. The third kappa shape index (κ3) is 6.34. The van der Waals surface area contributed by atoms with Crippen molar-refractivity contribution in [1.82, 2.24) is 9.71 Å². The molecule has 2 heterocycles. The van der Waals surface area contributed by atoms with Gasteiger partial charge in [-0.1, -0.05) is 24.3 Å². The summed E-state index contributed by atoms with van der Waals surface area (Å²) in [5.74, 6) is 1.64. The molecule has 0 bridgehead atoms. The molecule has 2 fully saturated rings. The smallest absolute Gasteiger partial charge is 0.208 e. The van der Waals surface area contributed by atoms with Gasteiger partial charge < -0.3 is 9.64 Å². The van der Waals surface area contributed by atoms with Crippen molar-refractivity contribution in [3.63, 3.8) is 0 Å². The maximum Gasteiger partial charge on any atom is 0.208 e. The highest BCUT2D eigenvalue weighted by Gasteiger charge is 2.33. The van der Waals surface area contributed by atoms with Crippen LogP contribution in [0.1, 0.15) is 54.7 Å². The zero-order valence-electron chi connectivity index (χ0n) is 20.0. The second kappa shape index (κ2) is 10.5. The van der Waals surface area contributed by atoms with Crippen LogP contribution in [0.15, 0.2) is 42.6 Å². The summed E-state index contributed by atoms with van der Waals surface area (Å²) in [6.07, 6.45) is 8.43. The maximum atomic E-state index is 11.9. The Hall–Kier alpha value is -1.96. The molecule has 180 valence electrons. The number of pyridine rings is 1. The average molecular weight is 472 g/mol. The third-order valence-electron chi connectivity index (χ3n) is 7.38. The topological polar surface area (TPSA) is 71.5 Å². The molecule has 6 nitrogen and oxygen atoms in total. The van der Waals surface area contributed by atoms with Gasteiger partial charge in [0.15, 0.2) is 0 Å². The molecule has 1 aromatic heterocycles. The summed E-state index contributed by atoms with van der Waals surface area (Å²) in [7, 11) is -3.27. The van der Waals surface area contributed by atoms with Crippen molar-refractivity contribution in [3.05, 3.63) is 59.3 Å². The number of hydrogen-bond acceptors (Lipinski definition) is 5. The van der Waals surface area contributed by atoms with E-state index in [1.807, 2.05) is 18.2 Å². The van der Waals surface area contributed by atoms with Crippen molar-refractivity contribution < 1.29 is 13.2 Å². The minimum atomic E-state index is -3.27. The molecule has 0 spiro atoms. The summed E-state index contributed by atoms with van der Waals surface area (Å²) < 4.78 is 33.2. The van der Waals surface area contributed by atoms with Crippen LogP contribution in [0.4, 0.5) is 5.82 Å². The number of aromatic nitrogens is 1. The van der Waals surface area contributed by atoms with Crippen LogP contribution in [0.2, 0.25) is 0 Å². The van der Waals surface area contributed by atoms with Crippen LogP contribution < -0.4 is 9.62 Å². The van der Waals surface area contributed by atoms with E-state index >= 15 is 0 Å². The van der Waals surface area contributed by atoms with Crippen molar-refractivity contribution >= 4 is 15.8 Å². The Labute approximate surface area is 198 Å². The number of aryl methyl sites for hydroxylation is 1. The summed E-state index contributed by atoms with van der Waals surface area (Å²) in [6.45, 7) is 6.50. The lowest BCUT2D eigenvalue weighted by atomic mass is 9.80. The highest BCUT2D eigenvalue weighted by Crippen LogP contribution is 2.36. The molecule has 1 aromatic carbocycles. The van der Waals surface area contributed by atoms with Gasteiger partial charge in [0.05, 0.1) is 19.0 Å². The number of piperidine rings is 1. The van der Waals surface area contributed by atoms with E-state index in [2.05, 4.69) is 46.7 Å². The quantitative estimate of drug-likeness (QED) is 0.656. The van der Waals surface area contributed by atoms with Crippen molar-refractivity contribution in [2.45, 2.75) is 64.0 Å². The van der Waals surface area contributed by atoms with Gasteiger partial charge in [0.1, 0.15) is 5.82 Å². The van der Waals surface area contributed by atoms with E-state index in [-0.39, 0.29) is 18.1 Å². The van der Waals surface area contributed by atoms with E-state index in [0.29, 0.717) is 12.5 Å².